The summed E-state index contributed by atoms with van der Waals surface area (Å²) < 4.78 is 42.3. The van der Waals surface area contributed by atoms with Gasteiger partial charge < -0.3 is 10.2 Å². The number of halogens is 4. The molecule has 3 aromatic rings. The maximum Gasteiger partial charge on any atom is 0.416 e. The molecule has 0 radical (unpaired) electrons. The summed E-state index contributed by atoms with van der Waals surface area (Å²) in [6.45, 7) is 4.98. The maximum atomic E-state index is 13.6. The Balaban J connectivity index is 2.20. The Morgan fingerprint density at radius 3 is 2.50 bits per heavy atom. The summed E-state index contributed by atoms with van der Waals surface area (Å²) in [5.74, 6) is 0.328. The van der Waals surface area contributed by atoms with Crippen molar-refractivity contribution in [2.24, 2.45) is 0 Å². The molecular formula is C24H25ClF3N5O. The van der Waals surface area contributed by atoms with Gasteiger partial charge in [-0.2, -0.15) is 13.2 Å². The highest BCUT2D eigenvalue weighted by atomic mass is 35.5. The van der Waals surface area contributed by atoms with E-state index in [2.05, 4.69) is 22.1 Å². The molecule has 0 aliphatic carbocycles. The Labute approximate surface area is 201 Å². The van der Waals surface area contributed by atoms with E-state index in [0.717, 1.165) is 18.6 Å². The van der Waals surface area contributed by atoms with Crippen molar-refractivity contribution >= 4 is 17.4 Å². The van der Waals surface area contributed by atoms with E-state index in [1.165, 1.54) is 18.2 Å². The monoisotopic (exact) mass is 491 g/mol. The van der Waals surface area contributed by atoms with E-state index in [1.807, 2.05) is 19.0 Å². The second-order valence-electron chi connectivity index (χ2n) is 7.90. The molecule has 180 valence electrons. The van der Waals surface area contributed by atoms with Gasteiger partial charge in [-0.3, -0.25) is 9.36 Å². The van der Waals surface area contributed by atoms with Crippen molar-refractivity contribution in [2.45, 2.75) is 25.7 Å². The Morgan fingerprint density at radius 1 is 1.15 bits per heavy atom. The van der Waals surface area contributed by atoms with Crippen molar-refractivity contribution in [1.29, 1.82) is 0 Å². The standard InChI is InChI=1S/C24H25ClF3N5O/c1-4-5-12-29-14-21-30-31-22(15-32(2)3)33(21)20-11-10-16(24(26,27)28)13-18(20)23(34)17-8-6-7-9-19(17)25/h4,6-11,13,29H,1,5,12,14-15H2,2-3H3. The topological polar surface area (TPSA) is 63.1 Å². The summed E-state index contributed by atoms with van der Waals surface area (Å²) in [5, 5.41) is 11.9. The van der Waals surface area contributed by atoms with Crippen LogP contribution in [-0.4, -0.2) is 46.1 Å². The molecule has 0 fully saturated rings. The van der Waals surface area contributed by atoms with E-state index in [1.54, 1.807) is 22.8 Å². The van der Waals surface area contributed by atoms with Crippen molar-refractivity contribution in [3.63, 3.8) is 0 Å². The lowest BCUT2D eigenvalue weighted by Gasteiger charge is -2.18. The molecule has 0 aliphatic heterocycles. The molecule has 2 aromatic carbocycles. The third-order valence-corrected chi connectivity index (χ3v) is 5.32. The SMILES string of the molecule is C=CCCNCc1nnc(CN(C)C)n1-c1ccc(C(F)(F)F)cc1C(=O)c1ccccc1Cl. The van der Waals surface area contributed by atoms with Crippen molar-refractivity contribution in [3.05, 3.63) is 88.5 Å². The highest BCUT2D eigenvalue weighted by molar-refractivity contribution is 6.35. The van der Waals surface area contributed by atoms with Crippen LogP contribution in [0.3, 0.4) is 0 Å². The van der Waals surface area contributed by atoms with Crippen molar-refractivity contribution in [3.8, 4) is 5.69 Å². The Kier molecular flexibility index (Phi) is 8.24. The van der Waals surface area contributed by atoms with E-state index in [4.69, 9.17) is 11.6 Å². The van der Waals surface area contributed by atoms with Crippen LogP contribution in [0.4, 0.5) is 13.2 Å². The first-order valence-corrected chi connectivity index (χ1v) is 10.9. The molecule has 0 amide bonds. The zero-order valence-electron chi connectivity index (χ0n) is 18.9. The summed E-state index contributed by atoms with van der Waals surface area (Å²) in [7, 11) is 3.67. The van der Waals surface area contributed by atoms with E-state index in [9.17, 15) is 18.0 Å². The van der Waals surface area contributed by atoms with Gasteiger partial charge in [0.25, 0.3) is 0 Å². The zero-order chi connectivity index (χ0) is 24.9. The van der Waals surface area contributed by atoms with Crippen LogP contribution in [0.25, 0.3) is 5.69 Å². The number of nitrogens with zero attached hydrogens (tertiary/aromatic N) is 4. The zero-order valence-corrected chi connectivity index (χ0v) is 19.6. The Hall–Kier alpha value is -3.01. The number of nitrogens with one attached hydrogen (secondary N) is 1. The van der Waals surface area contributed by atoms with Gasteiger partial charge in [0.05, 0.1) is 29.4 Å². The maximum absolute atomic E-state index is 13.6. The largest absolute Gasteiger partial charge is 0.416 e. The van der Waals surface area contributed by atoms with E-state index >= 15 is 0 Å². The summed E-state index contributed by atoms with van der Waals surface area (Å²) >= 11 is 6.21. The minimum absolute atomic E-state index is 0.109. The van der Waals surface area contributed by atoms with E-state index in [0.29, 0.717) is 31.3 Å². The number of carbonyl (C=O) groups excluding carboxylic acids is 1. The lowest BCUT2D eigenvalue weighted by Crippen LogP contribution is -2.21. The molecule has 1 aromatic heterocycles. The first-order valence-electron chi connectivity index (χ1n) is 10.5. The predicted octanol–water partition coefficient (Wildman–Crippen LogP) is 4.90. The lowest BCUT2D eigenvalue weighted by atomic mass is 9.98. The lowest BCUT2D eigenvalue weighted by molar-refractivity contribution is -0.137. The molecule has 0 bridgehead atoms. The summed E-state index contributed by atoms with van der Waals surface area (Å²) in [5.41, 5.74) is -0.715. The highest BCUT2D eigenvalue weighted by Crippen LogP contribution is 2.33. The summed E-state index contributed by atoms with van der Waals surface area (Å²) in [6.07, 6.45) is -2.12. The smallest absolute Gasteiger partial charge is 0.310 e. The highest BCUT2D eigenvalue weighted by Gasteiger charge is 2.33. The first kappa shape index (κ1) is 25.6. The number of ketones is 1. The van der Waals surface area contributed by atoms with Gasteiger partial charge in [0, 0.05) is 11.1 Å². The number of rotatable bonds is 10. The van der Waals surface area contributed by atoms with Gasteiger partial charge in [0.2, 0.25) is 0 Å². The number of carbonyl (C=O) groups is 1. The molecule has 0 saturated carbocycles. The van der Waals surface area contributed by atoms with E-state index < -0.39 is 17.5 Å². The second kappa shape index (κ2) is 10.9. The van der Waals surface area contributed by atoms with Crippen LogP contribution in [-0.2, 0) is 19.3 Å². The predicted molar refractivity (Wildman–Crippen MR) is 125 cm³/mol. The fraction of sp³-hybridized carbons (Fsp3) is 0.292. The van der Waals surface area contributed by atoms with Gasteiger partial charge in [-0.1, -0.05) is 29.8 Å². The minimum atomic E-state index is -4.62. The molecule has 0 unspecified atom stereocenters. The van der Waals surface area contributed by atoms with Crippen LogP contribution >= 0.6 is 11.6 Å². The number of aromatic nitrogens is 3. The summed E-state index contributed by atoms with van der Waals surface area (Å²) in [4.78, 5) is 15.3. The fourth-order valence-corrected chi connectivity index (χ4v) is 3.64. The molecule has 0 saturated heterocycles. The normalized spacial score (nSPS) is 11.7. The molecule has 3 rings (SSSR count). The van der Waals surface area contributed by atoms with Crippen LogP contribution in [0.2, 0.25) is 5.02 Å². The van der Waals surface area contributed by atoms with Crippen LogP contribution in [0.15, 0.2) is 55.1 Å². The fourth-order valence-electron chi connectivity index (χ4n) is 3.42. The van der Waals surface area contributed by atoms with Crippen molar-refractivity contribution in [1.82, 2.24) is 25.0 Å². The van der Waals surface area contributed by atoms with Gasteiger partial charge in [-0.15, -0.1) is 16.8 Å². The Bertz CT molecular complexity index is 1170. The van der Waals surface area contributed by atoms with Gasteiger partial charge in [-0.05, 0) is 57.4 Å². The number of hydrogen-bond acceptors (Lipinski definition) is 5. The van der Waals surface area contributed by atoms with Gasteiger partial charge in [-0.25, -0.2) is 0 Å². The molecule has 10 heteroatoms. The van der Waals surface area contributed by atoms with Crippen molar-refractivity contribution in [2.75, 3.05) is 20.6 Å². The molecule has 34 heavy (non-hydrogen) atoms. The number of hydrogen-bond donors (Lipinski definition) is 1. The number of alkyl halides is 3. The second-order valence-corrected chi connectivity index (χ2v) is 8.31. The molecule has 6 nitrogen and oxygen atoms in total. The molecule has 0 aliphatic rings. The molecule has 1 N–H and O–H groups in total. The van der Waals surface area contributed by atoms with E-state index in [-0.39, 0.29) is 21.8 Å². The first-order chi connectivity index (χ1) is 16.1. The van der Waals surface area contributed by atoms with Gasteiger partial charge >= 0.3 is 6.18 Å². The molecule has 1 heterocycles. The average molecular weight is 492 g/mol. The number of benzene rings is 2. The van der Waals surface area contributed by atoms with Crippen molar-refractivity contribution < 1.29 is 18.0 Å². The molecular weight excluding hydrogens is 467 g/mol. The van der Waals surface area contributed by atoms with Crippen LogP contribution in [0.5, 0.6) is 0 Å². The molecule has 0 spiro atoms. The average Bonchev–Trinajstić information content (AvgIpc) is 3.17. The molecule has 0 atom stereocenters. The van der Waals surface area contributed by atoms with Crippen LogP contribution in [0, 0.1) is 0 Å². The van der Waals surface area contributed by atoms with Crippen LogP contribution < -0.4 is 5.32 Å². The minimum Gasteiger partial charge on any atom is -0.310 e. The van der Waals surface area contributed by atoms with Gasteiger partial charge in [0.1, 0.15) is 0 Å². The van der Waals surface area contributed by atoms with Gasteiger partial charge in [0.15, 0.2) is 17.4 Å². The Morgan fingerprint density at radius 2 is 1.85 bits per heavy atom. The van der Waals surface area contributed by atoms with Crippen LogP contribution in [0.1, 0.15) is 39.6 Å². The quantitative estimate of drug-likeness (QED) is 0.248. The third kappa shape index (κ3) is 5.91. The third-order valence-electron chi connectivity index (χ3n) is 4.99. The summed E-state index contributed by atoms with van der Waals surface area (Å²) in [6, 6.07) is 9.35.